The molecule has 2 aliphatic carbocycles. The number of amides is 1. The van der Waals surface area contributed by atoms with Crippen LogP contribution in [0.5, 0.6) is 0 Å². The van der Waals surface area contributed by atoms with Gasteiger partial charge in [0, 0.05) is 17.0 Å². The van der Waals surface area contributed by atoms with E-state index in [-0.39, 0.29) is 11.3 Å². The molecule has 1 heterocycles. The van der Waals surface area contributed by atoms with Crippen molar-refractivity contribution in [2.45, 2.75) is 62.8 Å². The SMILES string of the molecule is NC(=O)C1=CC2(CCN(C3CCCCCC3)CC2)c2ccccc21. The molecular weight excluding hydrogens is 296 g/mol. The number of fused-ring (bicyclic) bond motifs is 2. The molecule has 4 rings (SSSR count). The van der Waals surface area contributed by atoms with E-state index < -0.39 is 0 Å². The number of primary amides is 1. The van der Waals surface area contributed by atoms with Crippen LogP contribution in [0.1, 0.15) is 62.5 Å². The third-order valence-electron chi connectivity index (χ3n) is 6.47. The molecule has 1 saturated heterocycles. The molecule has 3 nitrogen and oxygen atoms in total. The van der Waals surface area contributed by atoms with E-state index in [9.17, 15) is 4.79 Å². The van der Waals surface area contributed by atoms with Crippen molar-refractivity contribution in [1.82, 2.24) is 4.90 Å². The number of allylic oxidation sites excluding steroid dienone is 1. The topological polar surface area (TPSA) is 46.3 Å². The molecule has 0 aromatic heterocycles. The van der Waals surface area contributed by atoms with Crippen molar-refractivity contribution < 1.29 is 4.79 Å². The standard InChI is InChI=1S/C21H28N2O/c22-20(24)18-15-21(19-10-6-5-9-17(18)19)11-13-23(14-12-21)16-7-3-1-2-4-8-16/h5-6,9-10,15-16H,1-4,7-8,11-14H2,(H2,22,24). The largest absolute Gasteiger partial charge is 0.366 e. The van der Waals surface area contributed by atoms with Crippen LogP contribution in [0, 0.1) is 0 Å². The lowest BCUT2D eigenvalue weighted by Crippen LogP contribution is -2.45. The summed E-state index contributed by atoms with van der Waals surface area (Å²) in [4.78, 5) is 14.6. The van der Waals surface area contributed by atoms with Gasteiger partial charge < -0.3 is 10.6 Å². The van der Waals surface area contributed by atoms with Gasteiger partial charge in [0.2, 0.25) is 5.91 Å². The predicted octanol–water partition coefficient (Wildman–Crippen LogP) is 3.63. The minimum atomic E-state index is -0.287. The van der Waals surface area contributed by atoms with Crippen LogP contribution in [0.25, 0.3) is 5.57 Å². The average molecular weight is 324 g/mol. The number of hydrogen-bond donors (Lipinski definition) is 1. The quantitative estimate of drug-likeness (QED) is 0.845. The van der Waals surface area contributed by atoms with E-state index >= 15 is 0 Å². The lowest BCUT2D eigenvalue weighted by atomic mass is 9.74. The first kappa shape index (κ1) is 15.9. The summed E-state index contributed by atoms with van der Waals surface area (Å²) in [7, 11) is 0. The maximum absolute atomic E-state index is 11.9. The molecule has 2 fully saturated rings. The van der Waals surface area contributed by atoms with Crippen LogP contribution in [0.15, 0.2) is 30.3 Å². The summed E-state index contributed by atoms with van der Waals surface area (Å²) in [6.07, 6.45) is 12.7. The van der Waals surface area contributed by atoms with E-state index in [4.69, 9.17) is 5.73 Å². The molecule has 1 aromatic rings. The summed E-state index contributed by atoms with van der Waals surface area (Å²) in [6.45, 7) is 2.28. The van der Waals surface area contributed by atoms with E-state index in [1.807, 2.05) is 6.07 Å². The highest BCUT2D eigenvalue weighted by Gasteiger charge is 2.42. The first-order valence-electron chi connectivity index (χ1n) is 9.56. The maximum Gasteiger partial charge on any atom is 0.249 e. The van der Waals surface area contributed by atoms with Gasteiger partial charge in [-0.15, -0.1) is 0 Å². The van der Waals surface area contributed by atoms with Gasteiger partial charge in [-0.05, 0) is 49.9 Å². The number of nitrogens with zero attached hydrogens (tertiary/aromatic N) is 1. The summed E-state index contributed by atoms with van der Waals surface area (Å²) in [5.74, 6) is -0.287. The van der Waals surface area contributed by atoms with Gasteiger partial charge >= 0.3 is 0 Å². The molecule has 24 heavy (non-hydrogen) atoms. The van der Waals surface area contributed by atoms with Crippen molar-refractivity contribution in [3.05, 3.63) is 41.5 Å². The molecule has 1 spiro atoms. The number of likely N-dealkylation sites (tertiary alicyclic amines) is 1. The third-order valence-corrected chi connectivity index (χ3v) is 6.47. The molecule has 0 unspecified atom stereocenters. The van der Waals surface area contributed by atoms with E-state index in [1.165, 1.54) is 44.1 Å². The molecule has 0 atom stereocenters. The Kier molecular flexibility index (Phi) is 4.21. The molecule has 3 aliphatic rings. The molecule has 3 heteroatoms. The van der Waals surface area contributed by atoms with E-state index in [0.717, 1.165) is 43.1 Å². The fourth-order valence-electron chi connectivity index (χ4n) is 5.11. The van der Waals surface area contributed by atoms with Gasteiger partial charge in [-0.25, -0.2) is 0 Å². The molecule has 2 N–H and O–H groups in total. The zero-order valence-corrected chi connectivity index (χ0v) is 14.5. The Labute approximate surface area is 144 Å². The minimum Gasteiger partial charge on any atom is -0.366 e. The monoisotopic (exact) mass is 324 g/mol. The first-order valence-corrected chi connectivity index (χ1v) is 9.56. The summed E-state index contributed by atoms with van der Waals surface area (Å²) < 4.78 is 0. The number of carbonyl (C=O) groups excluding carboxylic acids is 1. The van der Waals surface area contributed by atoms with E-state index in [0.29, 0.717) is 0 Å². The smallest absolute Gasteiger partial charge is 0.249 e. The molecule has 1 aliphatic heterocycles. The summed E-state index contributed by atoms with van der Waals surface area (Å²) >= 11 is 0. The van der Waals surface area contributed by atoms with Gasteiger partial charge in [-0.2, -0.15) is 0 Å². The Bertz CT molecular complexity index is 648. The summed E-state index contributed by atoms with van der Waals surface area (Å²) in [5.41, 5.74) is 8.79. The van der Waals surface area contributed by atoms with Crippen LogP contribution >= 0.6 is 0 Å². The average Bonchev–Trinajstić information content (AvgIpc) is 2.77. The Hall–Kier alpha value is -1.61. The lowest BCUT2D eigenvalue weighted by molar-refractivity contribution is -0.112. The molecule has 0 bridgehead atoms. The number of benzene rings is 1. The molecule has 1 amide bonds. The van der Waals surface area contributed by atoms with E-state index in [1.54, 1.807) is 0 Å². The van der Waals surface area contributed by atoms with Crippen molar-refractivity contribution in [1.29, 1.82) is 0 Å². The van der Waals surface area contributed by atoms with Gasteiger partial charge in [0.05, 0.1) is 0 Å². The maximum atomic E-state index is 11.9. The van der Waals surface area contributed by atoms with Crippen LogP contribution in [-0.2, 0) is 10.2 Å². The minimum absolute atomic E-state index is 0.0299. The highest BCUT2D eigenvalue weighted by Crippen LogP contribution is 2.47. The Balaban J connectivity index is 1.55. The van der Waals surface area contributed by atoms with E-state index in [2.05, 4.69) is 29.2 Å². The molecule has 1 saturated carbocycles. The highest BCUT2D eigenvalue weighted by molar-refractivity contribution is 6.20. The lowest BCUT2D eigenvalue weighted by Gasteiger charge is -2.42. The normalized spacial score (nSPS) is 24.4. The molecule has 0 radical (unpaired) electrons. The van der Waals surface area contributed by atoms with Gasteiger partial charge in [-0.1, -0.05) is 56.0 Å². The predicted molar refractivity (Wildman–Crippen MR) is 97.6 cm³/mol. The number of rotatable bonds is 2. The summed E-state index contributed by atoms with van der Waals surface area (Å²) in [5, 5.41) is 0. The third kappa shape index (κ3) is 2.69. The van der Waals surface area contributed by atoms with Gasteiger partial charge in [0.15, 0.2) is 0 Å². The second-order valence-corrected chi connectivity index (χ2v) is 7.81. The molecular formula is C21H28N2O. The second-order valence-electron chi connectivity index (χ2n) is 7.81. The molecule has 1 aromatic carbocycles. The second kappa shape index (κ2) is 6.36. The first-order chi connectivity index (χ1) is 11.7. The Morgan fingerprint density at radius 3 is 2.38 bits per heavy atom. The number of piperidine rings is 1. The van der Waals surface area contributed by atoms with Crippen molar-refractivity contribution in [2.24, 2.45) is 5.73 Å². The van der Waals surface area contributed by atoms with Crippen molar-refractivity contribution in [2.75, 3.05) is 13.1 Å². The highest BCUT2D eigenvalue weighted by atomic mass is 16.1. The fourth-order valence-corrected chi connectivity index (χ4v) is 5.11. The van der Waals surface area contributed by atoms with Gasteiger partial charge in [0.25, 0.3) is 0 Å². The zero-order valence-electron chi connectivity index (χ0n) is 14.5. The van der Waals surface area contributed by atoms with Gasteiger partial charge in [-0.3, -0.25) is 4.79 Å². The van der Waals surface area contributed by atoms with Crippen LogP contribution in [0.4, 0.5) is 0 Å². The fraction of sp³-hybridized carbons (Fsp3) is 0.571. The van der Waals surface area contributed by atoms with Crippen LogP contribution < -0.4 is 5.73 Å². The number of carbonyl (C=O) groups is 1. The van der Waals surface area contributed by atoms with Crippen molar-refractivity contribution in [3.63, 3.8) is 0 Å². The number of nitrogens with two attached hydrogens (primary N) is 1. The van der Waals surface area contributed by atoms with Gasteiger partial charge in [0.1, 0.15) is 0 Å². The Morgan fingerprint density at radius 2 is 1.71 bits per heavy atom. The molecule has 128 valence electrons. The zero-order chi connectivity index (χ0) is 16.6. The van der Waals surface area contributed by atoms with Crippen LogP contribution in [0.3, 0.4) is 0 Å². The van der Waals surface area contributed by atoms with Crippen molar-refractivity contribution >= 4 is 11.5 Å². The van der Waals surface area contributed by atoms with Crippen molar-refractivity contribution in [3.8, 4) is 0 Å². The Morgan fingerprint density at radius 1 is 1.04 bits per heavy atom. The van der Waals surface area contributed by atoms with Crippen LogP contribution in [0.2, 0.25) is 0 Å². The number of hydrogen-bond acceptors (Lipinski definition) is 2. The van der Waals surface area contributed by atoms with Crippen LogP contribution in [-0.4, -0.2) is 29.9 Å². The summed E-state index contributed by atoms with van der Waals surface area (Å²) in [6, 6.07) is 9.13.